The van der Waals surface area contributed by atoms with Crippen molar-refractivity contribution in [1.29, 1.82) is 0 Å². The van der Waals surface area contributed by atoms with Crippen molar-refractivity contribution >= 4 is 67.0 Å². The Labute approximate surface area is 341 Å². The Balaban J connectivity index is 0.000000165. The van der Waals surface area contributed by atoms with Crippen molar-refractivity contribution in [2.75, 3.05) is 11.1 Å². The largest absolute Gasteiger partial charge is 0.398 e. The predicted octanol–water partition coefficient (Wildman–Crippen LogP) is 14.0. The van der Waals surface area contributed by atoms with Crippen molar-refractivity contribution in [3.8, 4) is 0 Å². The number of nitrogens with one attached hydrogen (secondary N) is 2. The van der Waals surface area contributed by atoms with Gasteiger partial charge in [0.1, 0.15) is 0 Å². The standard InChI is InChI=1S/C30H30N2.C24H18N2/c1-5-12-23-24-18-17-22(19-27(24)30(3,4)26(23)6-2)29(25-15-10-11-16-28(25)31)32-20-21-13-8-7-9-14-21;1-2-18-21(25-17-9-4-3-5-10-17)15-13-20-23-19-11-7-6-8-16(19)12-14-22(23)26-24(18)20/h5-19H,2,20,31H2,1,3-4H3;2-15,25-26H,1H2/b12-5-,32-29?;. The number of hydrogen-bond acceptors (Lipinski definition) is 3. The molecule has 1 aromatic heterocycles. The molecule has 0 unspecified atom stereocenters. The molecular weight excluding hydrogens is 705 g/mol. The molecule has 1 aliphatic rings. The zero-order valence-corrected chi connectivity index (χ0v) is 33.4. The second-order valence-corrected chi connectivity index (χ2v) is 15.1. The van der Waals surface area contributed by atoms with Crippen LogP contribution in [0.25, 0.3) is 44.2 Å². The first-order valence-corrected chi connectivity index (χ1v) is 19.8. The van der Waals surface area contributed by atoms with Gasteiger partial charge in [0.25, 0.3) is 0 Å². The molecule has 1 aliphatic carbocycles. The van der Waals surface area contributed by atoms with Crippen LogP contribution in [-0.2, 0) is 12.0 Å². The normalized spacial score (nSPS) is 13.5. The molecule has 4 N–H and O–H groups in total. The monoisotopic (exact) mass is 752 g/mol. The van der Waals surface area contributed by atoms with E-state index in [4.69, 9.17) is 10.7 Å². The van der Waals surface area contributed by atoms with Gasteiger partial charge in [0, 0.05) is 55.5 Å². The van der Waals surface area contributed by atoms with Gasteiger partial charge in [-0.05, 0) is 81.9 Å². The molecule has 0 fully saturated rings. The minimum Gasteiger partial charge on any atom is -0.398 e. The van der Waals surface area contributed by atoms with Gasteiger partial charge < -0.3 is 16.0 Å². The fourth-order valence-electron chi connectivity index (χ4n) is 8.34. The smallest absolute Gasteiger partial charge is 0.0743 e. The number of aromatic amines is 1. The van der Waals surface area contributed by atoms with Gasteiger partial charge in [-0.15, -0.1) is 0 Å². The molecule has 0 bridgehead atoms. The van der Waals surface area contributed by atoms with Crippen molar-refractivity contribution in [1.82, 2.24) is 4.98 Å². The number of aromatic nitrogens is 1. The van der Waals surface area contributed by atoms with Gasteiger partial charge in [0.2, 0.25) is 0 Å². The summed E-state index contributed by atoms with van der Waals surface area (Å²) < 4.78 is 0. The van der Waals surface area contributed by atoms with Crippen molar-refractivity contribution in [2.45, 2.75) is 32.7 Å². The minimum absolute atomic E-state index is 0.130. The lowest BCUT2D eigenvalue weighted by Gasteiger charge is -2.23. The third-order valence-corrected chi connectivity index (χ3v) is 11.2. The maximum absolute atomic E-state index is 6.39. The molecule has 0 aliphatic heterocycles. The fraction of sp³-hybridized carbons (Fsp3) is 0.0926. The number of hydrogen-bond donors (Lipinski definition) is 3. The van der Waals surface area contributed by atoms with Crippen LogP contribution in [0.1, 0.15) is 54.2 Å². The second-order valence-electron chi connectivity index (χ2n) is 15.1. The first-order valence-electron chi connectivity index (χ1n) is 19.8. The topological polar surface area (TPSA) is 66.2 Å². The number of fused-ring (bicyclic) bond motifs is 6. The van der Waals surface area contributed by atoms with Gasteiger partial charge in [-0.25, -0.2) is 0 Å². The molecule has 0 saturated carbocycles. The lowest BCUT2D eigenvalue weighted by Crippen LogP contribution is -2.17. The number of anilines is 3. The summed E-state index contributed by atoms with van der Waals surface area (Å²) in [5, 5.41) is 8.53. The molecule has 4 heteroatoms. The summed E-state index contributed by atoms with van der Waals surface area (Å²) in [6.45, 7) is 15.3. The summed E-state index contributed by atoms with van der Waals surface area (Å²) in [4.78, 5) is 8.66. The van der Waals surface area contributed by atoms with E-state index >= 15 is 0 Å². The summed E-state index contributed by atoms with van der Waals surface area (Å²) in [6, 6.07) is 52.4. The van der Waals surface area contributed by atoms with Gasteiger partial charge in [-0.2, -0.15) is 0 Å². The number of nitrogens with zero attached hydrogens (tertiary/aromatic N) is 1. The van der Waals surface area contributed by atoms with Gasteiger partial charge in [0.15, 0.2) is 0 Å². The quantitative estimate of drug-likeness (QED) is 0.102. The number of nitrogens with two attached hydrogens (primary N) is 1. The fourth-order valence-corrected chi connectivity index (χ4v) is 8.34. The van der Waals surface area contributed by atoms with Crippen molar-refractivity contribution < 1.29 is 0 Å². The van der Waals surface area contributed by atoms with Crippen molar-refractivity contribution in [3.63, 3.8) is 0 Å². The SMILES string of the molecule is C=CC1=C(/C=C\C)c2ccc(C(=NCc3ccccc3)c3ccccc3N)cc2C1(C)C.C=Cc1c(Nc2ccccc2)ccc2c1[nH]c1ccc3ccccc3c12. The third kappa shape index (κ3) is 7.06. The molecule has 4 nitrogen and oxygen atoms in total. The van der Waals surface area contributed by atoms with Crippen LogP contribution in [0.5, 0.6) is 0 Å². The highest BCUT2D eigenvalue weighted by atomic mass is 14.9. The van der Waals surface area contributed by atoms with Crippen LogP contribution >= 0.6 is 0 Å². The summed E-state index contributed by atoms with van der Waals surface area (Å²) >= 11 is 0. The van der Waals surface area contributed by atoms with Crippen LogP contribution in [0.4, 0.5) is 17.1 Å². The van der Waals surface area contributed by atoms with E-state index in [2.05, 4.69) is 153 Å². The van der Waals surface area contributed by atoms with Crippen LogP contribution in [0.15, 0.2) is 194 Å². The molecule has 0 amide bonds. The molecule has 0 saturated heterocycles. The molecule has 58 heavy (non-hydrogen) atoms. The molecular formula is C54H48N4. The number of benzene rings is 7. The number of allylic oxidation sites excluding steroid dienone is 5. The molecule has 0 spiro atoms. The van der Waals surface area contributed by atoms with E-state index in [1.54, 1.807) is 0 Å². The molecule has 0 radical (unpaired) electrons. The average molecular weight is 753 g/mol. The summed E-state index contributed by atoms with van der Waals surface area (Å²) in [6.07, 6.45) is 8.19. The van der Waals surface area contributed by atoms with Crippen LogP contribution in [0.2, 0.25) is 0 Å². The summed E-state index contributed by atoms with van der Waals surface area (Å²) in [7, 11) is 0. The van der Waals surface area contributed by atoms with Gasteiger partial charge in [-0.3, -0.25) is 4.99 Å². The Bertz CT molecular complexity index is 2910. The number of H-pyrrole nitrogens is 1. The Hall–Kier alpha value is -7.17. The van der Waals surface area contributed by atoms with Gasteiger partial charge >= 0.3 is 0 Å². The summed E-state index contributed by atoms with van der Waals surface area (Å²) in [5.74, 6) is 0. The second kappa shape index (κ2) is 16.1. The first-order chi connectivity index (χ1) is 28.3. The third-order valence-electron chi connectivity index (χ3n) is 11.2. The molecule has 1 heterocycles. The van der Waals surface area contributed by atoms with E-state index in [1.165, 1.54) is 49.4 Å². The number of aliphatic imine (C=N–C) groups is 1. The highest BCUT2D eigenvalue weighted by Gasteiger charge is 2.35. The lowest BCUT2D eigenvalue weighted by atomic mass is 9.80. The Morgan fingerprint density at radius 2 is 1.48 bits per heavy atom. The van der Waals surface area contributed by atoms with E-state index < -0.39 is 0 Å². The van der Waals surface area contributed by atoms with Crippen LogP contribution in [-0.4, -0.2) is 10.7 Å². The predicted molar refractivity (Wildman–Crippen MR) is 251 cm³/mol. The molecule has 8 aromatic rings. The zero-order valence-electron chi connectivity index (χ0n) is 33.4. The van der Waals surface area contributed by atoms with E-state index in [-0.39, 0.29) is 5.41 Å². The Kier molecular flexibility index (Phi) is 10.5. The number of para-hydroxylation sites is 2. The van der Waals surface area contributed by atoms with E-state index in [9.17, 15) is 0 Å². The molecule has 0 atom stereocenters. The highest BCUT2D eigenvalue weighted by Crippen LogP contribution is 2.47. The zero-order chi connectivity index (χ0) is 40.2. The maximum atomic E-state index is 6.39. The Morgan fingerprint density at radius 1 is 0.759 bits per heavy atom. The number of rotatable bonds is 9. The van der Waals surface area contributed by atoms with Gasteiger partial charge in [0.05, 0.1) is 17.8 Å². The van der Waals surface area contributed by atoms with E-state index in [0.717, 1.165) is 50.5 Å². The maximum Gasteiger partial charge on any atom is 0.0743 e. The van der Waals surface area contributed by atoms with E-state index in [1.807, 2.05) is 66.7 Å². The van der Waals surface area contributed by atoms with Crippen LogP contribution < -0.4 is 11.1 Å². The van der Waals surface area contributed by atoms with Crippen molar-refractivity contribution in [2.24, 2.45) is 4.99 Å². The number of nitrogen functional groups attached to an aromatic ring is 1. The molecule has 284 valence electrons. The molecule has 7 aromatic carbocycles. The summed E-state index contributed by atoms with van der Waals surface area (Å²) in [5.41, 5.74) is 21.7. The molecule has 9 rings (SSSR count). The minimum atomic E-state index is -0.130. The van der Waals surface area contributed by atoms with Crippen LogP contribution in [0, 0.1) is 0 Å². The van der Waals surface area contributed by atoms with Crippen molar-refractivity contribution in [3.05, 3.63) is 222 Å². The highest BCUT2D eigenvalue weighted by molar-refractivity contribution is 6.22. The Morgan fingerprint density at radius 3 is 2.22 bits per heavy atom. The van der Waals surface area contributed by atoms with E-state index in [0.29, 0.717) is 6.54 Å². The average Bonchev–Trinajstić information content (AvgIpc) is 3.74. The van der Waals surface area contributed by atoms with Gasteiger partial charge in [-0.1, -0.05) is 167 Å². The first kappa shape index (κ1) is 37.7. The lowest BCUT2D eigenvalue weighted by molar-refractivity contribution is 0.654. The van der Waals surface area contributed by atoms with Crippen LogP contribution in [0.3, 0.4) is 0 Å².